The van der Waals surface area contributed by atoms with Crippen LogP contribution in [0.4, 0.5) is 5.69 Å². The Labute approximate surface area is 186 Å². The van der Waals surface area contributed by atoms with Gasteiger partial charge in [0.05, 0.1) is 13.1 Å². The Hall–Kier alpha value is -3.94. The lowest BCUT2D eigenvalue weighted by Crippen LogP contribution is -2.41. The highest BCUT2D eigenvalue weighted by atomic mass is 16.5. The number of nitrogens with zero attached hydrogens (tertiary/aromatic N) is 2. The van der Waals surface area contributed by atoms with Crippen molar-refractivity contribution in [3.8, 4) is 11.3 Å². The summed E-state index contributed by atoms with van der Waals surface area (Å²) < 4.78 is 5.20. The fourth-order valence-electron chi connectivity index (χ4n) is 3.36. The van der Waals surface area contributed by atoms with E-state index in [0.717, 1.165) is 27.9 Å². The molecular formula is C24H26N4O4. The van der Waals surface area contributed by atoms with Gasteiger partial charge in [0.1, 0.15) is 0 Å². The summed E-state index contributed by atoms with van der Waals surface area (Å²) in [6, 6.07) is 14.7. The van der Waals surface area contributed by atoms with Gasteiger partial charge in [-0.1, -0.05) is 53.2 Å². The Bertz CT molecular complexity index is 1110. The number of carbonyl (C=O) groups excluding carboxylic acids is 3. The Morgan fingerprint density at radius 1 is 1.00 bits per heavy atom. The largest absolute Gasteiger partial charge is 0.355 e. The monoisotopic (exact) mass is 434 g/mol. The number of nitrogens with one attached hydrogen (secondary N) is 2. The summed E-state index contributed by atoms with van der Waals surface area (Å²) in [7, 11) is 1.51. The van der Waals surface area contributed by atoms with E-state index in [0.29, 0.717) is 5.76 Å². The topological polar surface area (TPSA) is 105 Å². The molecule has 0 radical (unpaired) electrons. The van der Waals surface area contributed by atoms with E-state index in [1.54, 1.807) is 0 Å². The van der Waals surface area contributed by atoms with Crippen LogP contribution in [0.3, 0.4) is 0 Å². The van der Waals surface area contributed by atoms with Crippen molar-refractivity contribution in [3.63, 3.8) is 0 Å². The summed E-state index contributed by atoms with van der Waals surface area (Å²) in [6.07, 6.45) is 0. The second-order valence-electron chi connectivity index (χ2n) is 7.70. The maximum atomic E-state index is 12.4. The van der Waals surface area contributed by atoms with Crippen LogP contribution in [0.5, 0.6) is 0 Å². The van der Waals surface area contributed by atoms with Crippen LogP contribution in [-0.2, 0) is 9.59 Å². The molecular weight excluding hydrogens is 408 g/mol. The van der Waals surface area contributed by atoms with Crippen LogP contribution in [0.25, 0.3) is 11.3 Å². The molecule has 3 aromatic rings. The molecule has 1 heterocycles. The molecule has 3 rings (SSSR count). The van der Waals surface area contributed by atoms with Crippen LogP contribution in [0.2, 0.25) is 0 Å². The van der Waals surface area contributed by atoms with Crippen LogP contribution in [-0.4, -0.2) is 47.9 Å². The number of hydrogen-bond acceptors (Lipinski definition) is 5. The highest BCUT2D eigenvalue weighted by Gasteiger charge is 2.18. The van der Waals surface area contributed by atoms with E-state index in [1.165, 1.54) is 18.0 Å². The first-order valence-electron chi connectivity index (χ1n) is 10.2. The molecule has 0 spiro atoms. The maximum Gasteiger partial charge on any atom is 0.273 e. The average Bonchev–Trinajstić information content (AvgIpc) is 3.25. The van der Waals surface area contributed by atoms with Crippen molar-refractivity contribution in [1.82, 2.24) is 15.4 Å². The van der Waals surface area contributed by atoms with Gasteiger partial charge >= 0.3 is 0 Å². The lowest BCUT2D eigenvalue weighted by atomic mass is 10.1. The van der Waals surface area contributed by atoms with Crippen LogP contribution in [0.15, 0.2) is 53.1 Å². The molecule has 3 amide bonds. The maximum absolute atomic E-state index is 12.4. The second kappa shape index (κ2) is 9.91. The number of anilines is 1. The fourth-order valence-corrected chi connectivity index (χ4v) is 3.36. The standard InChI is InChI=1S/C24H26N4O4/c1-15-10-16(2)23(17(3)11-15)26-21(29)14-28(4)22(30)13-25-24(31)19-12-20(32-27-19)18-8-6-5-7-9-18/h5-12H,13-14H2,1-4H3,(H,25,31)(H,26,29). The summed E-state index contributed by atoms with van der Waals surface area (Å²) in [5.41, 5.74) is 4.64. The van der Waals surface area contributed by atoms with E-state index in [2.05, 4.69) is 15.8 Å². The molecule has 0 unspecified atom stereocenters. The van der Waals surface area contributed by atoms with E-state index in [-0.39, 0.29) is 24.7 Å². The molecule has 32 heavy (non-hydrogen) atoms. The van der Waals surface area contributed by atoms with Crippen LogP contribution >= 0.6 is 0 Å². The lowest BCUT2D eigenvalue weighted by molar-refractivity contribution is -0.132. The zero-order valence-corrected chi connectivity index (χ0v) is 18.6. The lowest BCUT2D eigenvalue weighted by Gasteiger charge is -2.18. The van der Waals surface area contributed by atoms with Gasteiger partial charge in [-0.15, -0.1) is 0 Å². The molecule has 8 nitrogen and oxygen atoms in total. The van der Waals surface area contributed by atoms with E-state index in [1.807, 2.05) is 63.2 Å². The highest BCUT2D eigenvalue weighted by molar-refractivity contribution is 5.98. The minimum atomic E-state index is -0.534. The number of aryl methyl sites for hydroxylation is 3. The van der Waals surface area contributed by atoms with Crippen molar-refractivity contribution in [3.05, 3.63) is 70.9 Å². The molecule has 0 fully saturated rings. The first-order valence-corrected chi connectivity index (χ1v) is 10.2. The molecule has 1 aromatic heterocycles. The number of carbonyl (C=O) groups is 3. The molecule has 0 bridgehead atoms. The Morgan fingerprint density at radius 2 is 1.66 bits per heavy atom. The quantitative estimate of drug-likeness (QED) is 0.595. The number of benzene rings is 2. The number of rotatable bonds is 7. The molecule has 166 valence electrons. The van der Waals surface area contributed by atoms with E-state index >= 15 is 0 Å². The van der Waals surface area contributed by atoms with Crippen LogP contribution in [0, 0.1) is 20.8 Å². The summed E-state index contributed by atoms with van der Waals surface area (Å²) in [5.74, 6) is -0.797. The van der Waals surface area contributed by atoms with Crippen molar-refractivity contribution in [1.29, 1.82) is 0 Å². The normalized spacial score (nSPS) is 10.5. The highest BCUT2D eigenvalue weighted by Crippen LogP contribution is 2.22. The summed E-state index contributed by atoms with van der Waals surface area (Å²) in [5, 5.41) is 9.12. The molecule has 8 heteroatoms. The van der Waals surface area contributed by atoms with E-state index in [9.17, 15) is 14.4 Å². The molecule has 2 N–H and O–H groups in total. The zero-order valence-electron chi connectivity index (χ0n) is 18.6. The molecule has 2 aromatic carbocycles. The van der Waals surface area contributed by atoms with Crippen LogP contribution < -0.4 is 10.6 Å². The summed E-state index contributed by atoms with van der Waals surface area (Å²) in [4.78, 5) is 38.3. The van der Waals surface area contributed by atoms with Crippen molar-refractivity contribution in [2.24, 2.45) is 0 Å². The number of aromatic nitrogens is 1. The number of likely N-dealkylation sites (N-methyl/N-ethyl adjacent to an activating group) is 1. The minimum Gasteiger partial charge on any atom is -0.355 e. The van der Waals surface area contributed by atoms with Gasteiger partial charge in [-0.05, 0) is 31.9 Å². The number of amides is 3. The van der Waals surface area contributed by atoms with Gasteiger partial charge in [-0.3, -0.25) is 14.4 Å². The van der Waals surface area contributed by atoms with Crippen molar-refractivity contribution >= 4 is 23.4 Å². The van der Waals surface area contributed by atoms with E-state index < -0.39 is 11.8 Å². The average molecular weight is 434 g/mol. The van der Waals surface area contributed by atoms with Crippen molar-refractivity contribution in [2.75, 3.05) is 25.5 Å². The third kappa shape index (κ3) is 5.60. The minimum absolute atomic E-state index is 0.0716. The van der Waals surface area contributed by atoms with Crippen molar-refractivity contribution < 1.29 is 18.9 Å². The molecule has 0 saturated heterocycles. The van der Waals surface area contributed by atoms with Crippen molar-refractivity contribution in [2.45, 2.75) is 20.8 Å². The summed E-state index contributed by atoms with van der Waals surface area (Å²) in [6.45, 7) is 5.44. The fraction of sp³-hybridized carbons (Fsp3) is 0.250. The predicted molar refractivity (Wildman–Crippen MR) is 121 cm³/mol. The number of hydrogen-bond donors (Lipinski definition) is 2. The molecule has 0 aliphatic heterocycles. The Kier molecular flexibility index (Phi) is 7.04. The van der Waals surface area contributed by atoms with Gasteiger partial charge in [0, 0.05) is 24.4 Å². The van der Waals surface area contributed by atoms with Gasteiger partial charge in [0.2, 0.25) is 11.8 Å². The van der Waals surface area contributed by atoms with Gasteiger partial charge < -0.3 is 20.1 Å². The molecule has 0 atom stereocenters. The predicted octanol–water partition coefficient (Wildman–Crippen LogP) is 3.09. The molecule has 0 aliphatic rings. The third-order valence-corrected chi connectivity index (χ3v) is 4.95. The first-order chi connectivity index (χ1) is 15.2. The van der Waals surface area contributed by atoms with Crippen LogP contribution in [0.1, 0.15) is 27.2 Å². The van der Waals surface area contributed by atoms with Gasteiger partial charge in [-0.2, -0.15) is 0 Å². The smallest absolute Gasteiger partial charge is 0.273 e. The zero-order chi connectivity index (χ0) is 23.3. The summed E-state index contributed by atoms with van der Waals surface area (Å²) >= 11 is 0. The van der Waals surface area contributed by atoms with Gasteiger partial charge in [0.15, 0.2) is 11.5 Å². The SMILES string of the molecule is Cc1cc(C)c(NC(=O)CN(C)C(=O)CNC(=O)c2cc(-c3ccccc3)on2)c(C)c1. The third-order valence-electron chi connectivity index (χ3n) is 4.95. The van der Waals surface area contributed by atoms with E-state index in [4.69, 9.17) is 4.52 Å². The first kappa shape index (κ1) is 22.7. The molecule has 0 aliphatic carbocycles. The van der Waals surface area contributed by atoms with Gasteiger partial charge in [-0.25, -0.2) is 0 Å². The van der Waals surface area contributed by atoms with Gasteiger partial charge in [0.25, 0.3) is 5.91 Å². The second-order valence-corrected chi connectivity index (χ2v) is 7.70. The Balaban J connectivity index is 1.51. The Morgan fingerprint density at radius 3 is 2.31 bits per heavy atom. The molecule has 0 saturated carbocycles.